The molecule has 0 bridgehead atoms. The number of hydrogen-bond donors (Lipinski definition) is 2. The lowest BCUT2D eigenvalue weighted by molar-refractivity contribution is 0.0693. The maximum Gasteiger partial charge on any atom is 0.341 e. The Morgan fingerprint density at radius 3 is 2.62 bits per heavy atom. The summed E-state index contributed by atoms with van der Waals surface area (Å²) in [7, 11) is 0. The van der Waals surface area contributed by atoms with Crippen LogP contribution in [0.15, 0.2) is 10.5 Å². The maximum atomic E-state index is 12.8. The molecule has 0 saturated carbocycles. The lowest BCUT2D eigenvalue weighted by Crippen LogP contribution is -2.00. The number of rotatable bonds is 1. The quantitative estimate of drug-likeness (QED) is 0.771. The van der Waals surface area contributed by atoms with Crippen LogP contribution in [0, 0.1) is 5.82 Å². The van der Waals surface area contributed by atoms with Crippen molar-refractivity contribution in [1.29, 1.82) is 0 Å². The third-order valence-electron chi connectivity index (χ3n) is 1.36. The van der Waals surface area contributed by atoms with Crippen LogP contribution < -0.4 is 0 Å². The SMILES string of the molecule is O=C(O)c1c(O)c(Br)cc(F)c1Cl. The summed E-state index contributed by atoms with van der Waals surface area (Å²) in [6.45, 7) is 0. The van der Waals surface area contributed by atoms with E-state index in [0.29, 0.717) is 0 Å². The molecular weight excluding hydrogens is 266 g/mol. The largest absolute Gasteiger partial charge is 0.506 e. The summed E-state index contributed by atoms with van der Waals surface area (Å²) < 4.78 is 12.8. The van der Waals surface area contributed by atoms with Crippen LogP contribution in [-0.2, 0) is 0 Å². The highest BCUT2D eigenvalue weighted by atomic mass is 79.9. The van der Waals surface area contributed by atoms with E-state index in [9.17, 15) is 14.3 Å². The molecule has 6 heteroatoms. The van der Waals surface area contributed by atoms with Crippen molar-refractivity contribution in [2.75, 3.05) is 0 Å². The predicted molar refractivity (Wildman–Crippen MR) is 47.7 cm³/mol. The Labute approximate surface area is 85.9 Å². The Morgan fingerprint density at radius 1 is 1.62 bits per heavy atom. The molecule has 1 rings (SSSR count). The standard InChI is InChI=1S/C7H3BrClFO3/c8-2-1-3(10)5(9)4(6(2)11)7(12)13/h1,11H,(H,12,13). The Bertz CT molecular complexity index is 354. The first-order chi connectivity index (χ1) is 5.95. The molecule has 70 valence electrons. The van der Waals surface area contributed by atoms with Crippen molar-refractivity contribution in [1.82, 2.24) is 0 Å². The first-order valence-corrected chi connectivity index (χ1v) is 4.22. The van der Waals surface area contributed by atoms with Gasteiger partial charge in [0.1, 0.15) is 17.1 Å². The van der Waals surface area contributed by atoms with E-state index in [-0.39, 0.29) is 4.47 Å². The fraction of sp³-hybridized carbons (Fsp3) is 0. The van der Waals surface area contributed by atoms with Crippen LogP contribution in [0.2, 0.25) is 5.02 Å². The van der Waals surface area contributed by atoms with Gasteiger partial charge in [0.25, 0.3) is 0 Å². The zero-order chi connectivity index (χ0) is 10.2. The molecule has 0 saturated heterocycles. The summed E-state index contributed by atoms with van der Waals surface area (Å²) in [5.41, 5.74) is -0.645. The summed E-state index contributed by atoms with van der Waals surface area (Å²) in [4.78, 5) is 10.5. The first kappa shape index (κ1) is 10.3. The monoisotopic (exact) mass is 268 g/mol. The van der Waals surface area contributed by atoms with Gasteiger partial charge in [-0.1, -0.05) is 11.6 Å². The number of aromatic hydroxyl groups is 1. The number of benzene rings is 1. The van der Waals surface area contributed by atoms with Crippen molar-refractivity contribution in [2.24, 2.45) is 0 Å². The first-order valence-electron chi connectivity index (χ1n) is 3.05. The van der Waals surface area contributed by atoms with Crippen LogP contribution >= 0.6 is 27.5 Å². The van der Waals surface area contributed by atoms with Crippen LogP contribution in [0.25, 0.3) is 0 Å². The molecule has 1 aromatic carbocycles. The summed E-state index contributed by atoms with van der Waals surface area (Å²) in [5, 5.41) is 17.2. The highest BCUT2D eigenvalue weighted by Crippen LogP contribution is 2.35. The average Bonchev–Trinajstić information content (AvgIpc) is 2.01. The van der Waals surface area contributed by atoms with E-state index in [1.54, 1.807) is 0 Å². The Morgan fingerprint density at radius 2 is 2.15 bits per heavy atom. The van der Waals surface area contributed by atoms with Gasteiger partial charge in [0, 0.05) is 0 Å². The summed E-state index contributed by atoms with van der Waals surface area (Å²) in [5.74, 6) is -2.97. The molecule has 1 aromatic rings. The number of carbonyl (C=O) groups is 1. The molecule has 2 N–H and O–H groups in total. The summed E-state index contributed by atoms with van der Waals surface area (Å²) in [6, 6.07) is 0.893. The minimum absolute atomic E-state index is 0.0493. The van der Waals surface area contributed by atoms with Gasteiger partial charge in [0.15, 0.2) is 0 Å². The molecule has 0 aliphatic carbocycles. The number of carboxylic acid groups (broad SMARTS) is 1. The maximum absolute atomic E-state index is 12.8. The van der Waals surface area contributed by atoms with Gasteiger partial charge in [0.2, 0.25) is 0 Å². The fourth-order valence-electron chi connectivity index (χ4n) is 0.781. The number of hydrogen-bond acceptors (Lipinski definition) is 2. The van der Waals surface area contributed by atoms with Gasteiger partial charge in [0.05, 0.1) is 9.50 Å². The summed E-state index contributed by atoms with van der Waals surface area (Å²) in [6.07, 6.45) is 0. The zero-order valence-electron chi connectivity index (χ0n) is 6.01. The predicted octanol–water partition coefficient (Wildman–Crippen LogP) is 2.65. The number of aromatic carboxylic acids is 1. The highest BCUT2D eigenvalue weighted by molar-refractivity contribution is 9.10. The molecule has 13 heavy (non-hydrogen) atoms. The average molecular weight is 269 g/mol. The smallest absolute Gasteiger partial charge is 0.341 e. The number of carboxylic acids is 1. The van der Waals surface area contributed by atoms with Crippen molar-refractivity contribution >= 4 is 33.5 Å². The molecule has 3 nitrogen and oxygen atoms in total. The van der Waals surface area contributed by atoms with E-state index in [1.165, 1.54) is 0 Å². The van der Waals surface area contributed by atoms with E-state index in [1.807, 2.05) is 0 Å². The third kappa shape index (κ3) is 1.76. The fourth-order valence-corrected chi connectivity index (χ4v) is 1.41. The zero-order valence-corrected chi connectivity index (χ0v) is 8.36. The van der Waals surface area contributed by atoms with E-state index >= 15 is 0 Å². The van der Waals surface area contributed by atoms with Gasteiger partial charge in [-0.15, -0.1) is 0 Å². The normalized spacial score (nSPS) is 10.1. The van der Waals surface area contributed by atoms with Crippen molar-refractivity contribution < 1.29 is 19.4 Å². The Hall–Kier alpha value is -0.810. The second-order valence-electron chi connectivity index (χ2n) is 2.18. The van der Waals surface area contributed by atoms with Gasteiger partial charge >= 0.3 is 5.97 Å². The summed E-state index contributed by atoms with van der Waals surface area (Å²) >= 11 is 8.12. The van der Waals surface area contributed by atoms with E-state index in [2.05, 4.69) is 15.9 Å². The highest BCUT2D eigenvalue weighted by Gasteiger charge is 2.20. The van der Waals surface area contributed by atoms with E-state index in [0.717, 1.165) is 6.07 Å². The Balaban J connectivity index is 3.56. The minimum atomic E-state index is -1.48. The van der Waals surface area contributed by atoms with E-state index < -0.39 is 28.1 Å². The van der Waals surface area contributed by atoms with Crippen molar-refractivity contribution in [3.8, 4) is 5.75 Å². The molecule has 0 fully saturated rings. The molecule has 0 aromatic heterocycles. The molecule has 0 radical (unpaired) electrons. The van der Waals surface area contributed by atoms with Crippen molar-refractivity contribution in [3.05, 3.63) is 26.9 Å². The molecule has 0 unspecified atom stereocenters. The van der Waals surface area contributed by atoms with Crippen LogP contribution in [-0.4, -0.2) is 16.2 Å². The van der Waals surface area contributed by atoms with Crippen molar-refractivity contribution in [3.63, 3.8) is 0 Å². The topological polar surface area (TPSA) is 57.5 Å². The van der Waals surface area contributed by atoms with Gasteiger partial charge in [-0.3, -0.25) is 0 Å². The van der Waals surface area contributed by atoms with Gasteiger partial charge < -0.3 is 10.2 Å². The van der Waals surface area contributed by atoms with E-state index in [4.69, 9.17) is 16.7 Å². The third-order valence-corrected chi connectivity index (χ3v) is 2.33. The lowest BCUT2D eigenvalue weighted by atomic mass is 10.2. The second-order valence-corrected chi connectivity index (χ2v) is 3.42. The molecule has 0 heterocycles. The van der Waals surface area contributed by atoms with Crippen LogP contribution in [0.3, 0.4) is 0 Å². The van der Waals surface area contributed by atoms with Crippen LogP contribution in [0.5, 0.6) is 5.75 Å². The van der Waals surface area contributed by atoms with Crippen LogP contribution in [0.4, 0.5) is 4.39 Å². The lowest BCUT2D eigenvalue weighted by Gasteiger charge is -2.04. The second kappa shape index (κ2) is 3.51. The number of phenols is 1. The number of halogens is 3. The van der Waals surface area contributed by atoms with Gasteiger partial charge in [-0.05, 0) is 22.0 Å². The molecule has 0 atom stereocenters. The Kier molecular flexibility index (Phi) is 2.77. The molecular formula is C7H3BrClFO3. The molecule has 0 aliphatic rings. The molecule has 0 amide bonds. The van der Waals surface area contributed by atoms with Crippen LogP contribution in [0.1, 0.15) is 10.4 Å². The van der Waals surface area contributed by atoms with Gasteiger partial charge in [-0.25, -0.2) is 9.18 Å². The van der Waals surface area contributed by atoms with Crippen molar-refractivity contribution in [2.45, 2.75) is 0 Å². The minimum Gasteiger partial charge on any atom is -0.506 e. The molecule has 0 aliphatic heterocycles. The molecule has 0 spiro atoms. The van der Waals surface area contributed by atoms with Gasteiger partial charge in [-0.2, -0.15) is 0 Å².